The Morgan fingerprint density at radius 2 is 2.03 bits per heavy atom. The molecule has 4 rings (SSSR count). The summed E-state index contributed by atoms with van der Waals surface area (Å²) in [7, 11) is 1.46. The van der Waals surface area contributed by atoms with Crippen LogP contribution in [0.15, 0.2) is 60.5 Å². The molecule has 0 saturated carbocycles. The van der Waals surface area contributed by atoms with E-state index in [0.717, 1.165) is 16.8 Å². The van der Waals surface area contributed by atoms with Crippen LogP contribution in [-0.2, 0) is 28.9 Å². The fourth-order valence-corrected chi connectivity index (χ4v) is 4.57. The first-order chi connectivity index (χ1) is 16.5. The van der Waals surface area contributed by atoms with Gasteiger partial charge >= 0.3 is 0 Å². The number of aryl methyl sites for hydroxylation is 2. The minimum Gasteiger partial charge on any atom is -0.375 e. The summed E-state index contributed by atoms with van der Waals surface area (Å²) in [6.07, 6.45) is 5.06. The first kappa shape index (κ1) is 23.6. The number of hydrogen-bond acceptors (Lipinski definition) is 6. The molecule has 2 aromatic carbocycles. The highest BCUT2D eigenvalue weighted by atomic mass is 32.1. The van der Waals surface area contributed by atoms with Crippen LogP contribution in [0.25, 0.3) is 11.0 Å². The van der Waals surface area contributed by atoms with Crippen molar-refractivity contribution in [2.75, 3.05) is 19.0 Å². The summed E-state index contributed by atoms with van der Waals surface area (Å²) in [5.41, 5.74) is 5.34. The lowest BCUT2D eigenvalue weighted by Gasteiger charge is -2.16. The molecule has 0 saturated heterocycles. The van der Waals surface area contributed by atoms with Crippen LogP contribution < -0.4 is 10.6 Å². The topological polar surface area (TPSA) is 98.1 Å². The maximum atomic E-state index is 13.4. The standard InChI is InChI=1S/C25H27N5O3S/c1-17(10-20-13-26-16-34-20)28-25(32)21-11-19(29-23(31)14-33-2)12-22-24(21)30(15-27-22)9-8-18-6-4-3-5-7-18/h3-7,11-13,15-17H,8-10,14H2,1-2H3,(H,28,32)(H,29,31)/t17-/m1/s1. The molecule has 9 heteroatoms. The first-order valence-corrected chi connectivity index (χ1v) is 11.9. The second-order valence-electron chi connectivity index (χ2n) is 8.09. The lowest BCUT2D eigenvalue weighted by atomic mass is 10.1. The van der Waals surface area contributed by atoms with E-state index < -0.39 is 0 Å². The molecule has 4 aromatic rings. The van der Waals surface area contributed by atoms with E-state index >= 15 is 0 Å². The third kappa shape index (κ3) is 5.86. The predicted molar refractivity (Wildman–Crippen MR) is 133 cm³/mol. The number of aromatic nitrogens is 3. The van der Waals surface area contributed by atoms with Gasteiger partial charge in [-0.15, -0.1) is 11.3 Å². The van der Waals surface area contributed by atoms with Crippen molar-refractivity contribution in [2.45, 2.75) is 32.4 Å². The van der Waals surface area contributed by atoms with Gasteiger partial charge in [-0.25, -0.2) is 4.98 Å². The summed E-state index contributed by atoms with van der Waals surface area (Å²) in [6, 6.07) is 13.6. The third-order valence-corrected chi connectivity index (χ3v) is 6.17. The molecule has 2 aromatic heterocycles. The van der Waals surface area contributed by atoms with Crippen molar-refractivity contribution >= 4 is 39.9 Å². The van der Waals surface area contributed by atoms with Crippen LogP contribution in [0.3, 0.4) is 0 Å². The zero-order chi connectivity index (χ0) is 23.9. The monoisotopic (exact) mass is 477 g/mol. The number of nitrogens with one attached hydrogen (secondary N) is 2. The number of rotatable bonds is 10. The molecular formula is C25H27N5O3S. The van der Waals surface area contributed by atoms with Crippen molar-refractivity contribution in [1.82, 2.24) is 19.9 Å². The van der Waals surface area contributed by atoms with Gasteiger partial charge in [0.05, 0.1) is 28.4 Å². The van der Waals surface area contributed by atoms with Gasteiger partial charge in [0.15, 0.2) is 0 Å². The predicted octanol–water partition coefficient (Wildman–Crippen LogP) is 3.68. The Morgan fingerprint density at radius 3 is 2.76 bits per heavy atom. The molecule has 2 N–H and O–H groups in total. The maximum Gasteiger partial charge on any atom is 0.253 e. The summed E-state index contributed by atoms with van der Waals surface area (Å²) in [4.78, 5) is 35.2. The van der Waals surface area contributed by atoms with Crippen molar-refractivity contribution in [1.29, 1.82) is 0 Å². The average molecular weight is 478 g/mol. The van der Waals surface area contributed by atoms with Gasteiger partial charge in [-0.3, -0.25) is 14.6 Å². The number of benzene rings is 2. The highest BCUT2D eigenvalue weighted by Gasteiger charge is 2.19. The molecule has 0 radical (unpaired) electrons. The summed E-state index contributed by atoms with van der Waals surface area (Å²) in [6.45, 7) is 2.56. The van der Waals surface area contributed by atoms with Gasteiger partial charge < -0.3 is 19.9 Å². The van der Waals surface area contributed by atoms with E-state index in [4.69, 9.17) is 4.74 Å². The number of imidazole rings is 1. The molecule has 0 aliphatic heterocycles. The van der Waals surface area contributed by atoms with E-state index in [9.17, 15) is 9.59 Å². The molecule has 2 amide bonds. The van der Waals surface area contributed by atoms with Gasteiger partial charge in [0.1, 0.15) is 6.61 Å². The molecule has 176 valence electrons. The molecule has 2 heterocycles. The van der Waals surface area contributed by atoms with E-state index in [1.807, 2.05) is 35.9 Å². The van der Waals surface area contributed by atoms with E-state index in [1.54, 1.807) is 35.3 Å². The van der Waals surface area contributed by atoms with Crippen molar-refractivity contribution in [3.8, 4) is 0 Å². The summed E-state index contributed by atoms with van der Waals surface area (Å²) in [5.74, 6) is -0.512. The third-order valence-electron chi connectivity index (χ3n) is 5.37. The summed E-state index contributed by atoms with van der Waals surface area (Å²) >= 11 is 1.56. The molecule has 0 spiro atoms. The Morgan fingerprint density at radius 1 is 1.21 bits per heavy atom. The quantitative estimate of drug-likeness (QED) is 0.363. The average Bonchev–Trinajstić information content (AvgIpc) is 3.47. The van der Waals surface area contributed by atoms with Gasteiger partial charge in [0.25, 0.3) is 5.91 Å². The zero-order valence-corrected chi connectivity index (χ0v) is 20.0. The fraction of sp³-hybridized carbons (Fsp3) is 0.280. The lowest BCUT2D eigenvalue weighted by molar-refractivity contribution is -0.119. The Kier molecular flexibility index (Phi) is 7.66. The van der Waals surface area contributed by atoms with Crippen LogP contribution >= 0.6 is 11.3 Å². The van der Waals surface area contributed by atoms with Crippen LogP contribution in [0.5, 0.6) is 0 Å². The molecular weight excluding hydrogens is 450 g/mol. The van der Waals surface area contributed by atoms with Gasteiger partial charge in [0, 0.05) is 42.9 Å². The fourth-order valence-electron chi connectivity index (χ4n) is 3.84. The molecule has 0 unspecified atom stereocenters. The van der Waals surface area contributed by atoms with E-state index in [-0.39, 0.29) is 24.5 Å². The number of thiazole rings is 1. The lowest BCUT2D eigenvalue weighted by Crippen LogP contribution is -2.34. The van der Waals surface area contributed by atoms with Crippen LogP contribution in [0.4, 0.5) is 5.69 Å². The van der Waals surface area contributed by atoms with E-state index in [0.29, 0.717) is 29.7 Å². The van der Waals surface area contributed by atoms with Crippen LogP contribution in [0, 0.1) is 0 Å². The number of methoxy groups -OCH3 is 1. The zero-order valence-electron chi connectivity index (χ0n) is 19.2. The maximum absolute atomic E-state index is 13.4. The number of anilines is 1. The molecule has 8 nitrogen and oxygen atoms in total. The number of ether oxygens (including phenoxy) is 1. The van der Waals surface area contributed by atoms with Gasteiger partial charge in [-0.2, -0.15) is 0 Å². The van der Waals surface area contributed by atoms with Gasteiger partial charge in [-0.05, 0) is 31.0 Å². The summed E-state index contributed by atoms with van der Waals surface area (Å²) in [5, 5.41) is 5.87. The van der Waals surface area contributed by atoms with Gasteiger partial charge in [-0.1, -0.05) is 30.3 Å². The number of nitrogens with zero attached hydrogens (tertiary/aromatic N) is 3. The minimum absolute atomic E-state index is 0.0725. The number of fused-ring (bicyclic) bond motifs is 1. The molecule has 0 bridgehead atoms. The largest absolute Gasteiger partial charge is 0.375 e. The van der Waals surface area contributed by atoms with Crippen molar-refractivity contribution in [2.24, 2.45) is 0 Å². The van der Waals surface area contributed by atoms with Gasteiger partial charge in [0.2, 0.25) is 5.91 Å². The van der Waals surface area contributed by atoms with Crippen molar-refractivity contribution in [3.05, 3.63) is 76.5 Å². The number of carbonyl (C=O) groups excluding carboxylic acids is 2. The number of amides is 2. The van der Waals surface area contributed by atoms with Crippen LogP contribution in [0.1, 0.15) is 27.7 Å². The molecule has 0 aliphatic rings. The van der Waals surface area contributed by atoms with E-state index in [2.05, 4.69) is 32.7 Å². The molecule has 34 heavy (non-hydrogen) atoms. The number of hydrogen-bond donors (Lipinski definition) is 2. The normalized spacial score (nSPS) is 11.9. The Hall–Kier alpha value is -3.56. The first-order valence-electron chi connectivity index (χ1n) is 11.0. The second-order valence-corrected chi connectivity index (χ2v) is 9.06. The highest BCUT2D eigenvalue weighted by Crippen LogP contribution is 2.25. The van der Waals surface area contributed by atoms with E-state index in [1.165, 1.54) is 12.7 Å². The number of carbonyl (C=O) groups is 2. The Labute approximate surface area is 202 Å². The van der Waals surface area contributed by atoms with Crippen molar-refractivity contribution in [3.63, 3.8) is 0 Å². The molecule has 0 aliphatic carbocycles. The Bertz CT molecular complexity index is 1250. The Balaban J connectivity index is 1.62. The van der Waals surface area contributed by atoms with Crippen molar-refractivity contribution < 1.29 is 14.3 Å². The molecule has 0 fully saturated rings. The minimum atomic E-state index is -0.296. The highest BCUT2D eigenvalue weighted by molar-refractivity contribution is 7.09. The van der Waals surface area contributed by atoms with Crippen LogP contribution in [-0.4, -0.2) is 46.1 Å². The SMILES string of the molecule is COCC(=O)Nc1cc(C(=O)N[C@H](C)Cc2cncs2)c2c(c1)ncn2CCc1ccccc1. The molecule has 1 atom stereocenters. The second kappa shape index (κ2) is 11.0. The summed E-state index contributed by atoms with van der Waals surface area (Å²) < 4.78 is 6.90. The van der Waals surface area contributed by atoms with Crippen LogP contribution in [0.2, 0.25) is 0 Å². The smallest absolute Gasteiger partial charge is 0.253 e.